The molecule has 0 unspecified atom stereocenters. The van der Waals surface area contributed by atoms with E-state index in [0.29, 0.717) is 5.76 Å². The van der Waals surface area contributed by atoms with E-state index in [9.17, 15) is 4.79 Å². The van der Waals surface area contributed by atoms with E-state index in [1.165, 1.54) is 17.2 Å². The standard InChI is InChI=1S/C27H30O3/c1-26(2,3)20-11-7-18(8-12-20)23-17-22(15-16-24(28)29)30-25(23)19-9-13-21(14-10-19)27(4,5)6/h7-17H,1-6H3,(H,28,29)/b16-15+. The molecule has 0 bridgehead atoms. The Morgan fingerprint density at radius 2 is 1.27 bits per heavy atom. The molecule has 3 aromatic rings. The van der Waals surface area contributed by atoms with E-state index in [1.807, 2.05) is 6.07 Å². The van der Waals surface area contributed by atoms with Crippen molar-refractivity contribution >= 4 is 12.0 Å². The van der Waals surface area contributed by atoms with Crippen molar-refractivity contribution < 1.29 is 14.3 Å². The first-order valence-corrected chi connectivity index (χ1v) is 10.2. The highest BCUT2D eigenvalue weighted by molar-refractivity contribution is 5.87. The molecule has 0 saturated heterocycles. The van der Waals surface area contributed by atoms with Crippen molar-refractivity contribution in [2.75, 3.05) is 0 Å². The first kappa shape index (κ1) is 21.6. The fourth-order valence-electron chi connectivity index (χ4n) is 3.35. The maximum atomic E-state index is 10.9. The van der Waals surface area contributed by atoms with Gasteiger partial charge in [-0.15, -0.1) is 0 Å². The molecule has 0 fully saturated rings. The molecule has 0 aliphatic heterocycles. The maximum absolute atomic E-state index is 10.9. The van der Waals surface area contributed by atoms with Crippen molar-refractivity contribution in [3.63, 3.8) is 0 Å². The summed E-state index contributed by atoms with van der Waals surface area (Å²) in [5, 5.41) is 8.97. The first-order valence-electron chi connectivity index (χ1n) is 10.2. The normalized spacial score (nSPS) is 12.5. The Morgan fingerprint density at radius 3 is 1.70 bits per heavy atom. The maximum Gasteiger partial charge on any atom is 0.328 e. The van der Waals surface area contributed by atoms with Gasteiger partial charge in [0.25, 0.3) is 0 Å². The molecule has 0 atom stereocenters. The van der Waals surface area contributed by atoms with Crippen LogP contribution in [0.4, 0.5) is 0 Å². The second-order valence-electron chi connectivity index (χ2n) is 9.72. The average Bonchev–Trinajstić information content (AvgIpc) is 3.09. The highest BCUT2D eigenvalue weighted by Crippen LogP contribution is 2.37. The van der Waals surface area contributed by atoms with Crippen LogP contribution in [0.15, 0.2) is 65.1 Å². The Hall–Kier alpha value is -3.07. The van der Waals surface area contributed by atoms with Crippen LogP contribution in [0.1, 0.15) is 58.4 Å². The number of carboxylic acid groups (broad SMARTS) is 1. The van der Waals surface area contributed by atoms with Gasteiger partial charge >= 0.3 is 5.97 Å². The quantitative estimate of drug-likeness (QED) is 0.466. The van der Waals surface area contributed by atoms with Crippen LogP contribution < -0.4 is 0 Å². The van der Waals surface area contributed by atoms with Gasteiger partial charge < -0.3 is 9.52 Å². The Morgan fingerprint density at radius 1 is 0.800 bits per heavy atom. The molecule has 30 heavy (non-hydrogen) atoms. The van der Waals surface area contributed by atoms with Crippen LogP contribution in [0.25, 0.3) is 28.5 Å². The van der Waals surface area contributed by atoms with Gasteiger partial charge in [0.2, 0.25) is 0 Å². The molecule has 3 heteroatoms. The molecule has 1 heterocycles. The van der Waals surface area contributed by atoms with Gasteiger partial charge in [0.05, 0.1) is 0 Å². The molecule has 2 aromatic carbocycles. The summed E-state index contributed by atoms with van der Waals surface area (Å²) in [6.07, 6.45) is 2.58. The lowest BCUT2D eigenvalue weighted by Gasteiger charge is -2.19. The summed E-state index contributed by atoms with van der Waals surface area (Å²) < 4.78 is 6.08. The van der Waals surface area contributed by atoms with E-state index >= 15 is 0 Å². The predicted molar refractivity (Wildman–Crippen MR) is 124 cm³/mol. The zero-order valence-corrected chi connectivity index (χ0v) is 18.6. The van der Waals surface area contributed by atoms with Gasteiger partial charge in [0.15, 0.2) is 0 Å². The zero-order valence-electron chi connectivity index (χ0n) is 18.6. The van der Waals surface area contributed by atoms with Crippen LogP contribution >= 0.6 is 0 Å². The third-order valence-electron chi connectivity index (χ3n) is 5.22. The second-order valence-corrected chi connectivity index (χ2v) is 9.72. The van der Waals surface area contributed by atoms with Crippen molar-refractivity contribution in [2.24, 2.45) is 0 Å². The SMILES string of the molecule is CC(C)(C)c1ccc(-c2cc(/C=C/C(=O)O)oc2-c2ccc(C(C)(C)C)cc2)cc1. The van der Waals surface area contributed by atoms with Crippen molar-refractivity contribution in [2.45, 2.75) is 52.4 Å². The van der Waals surface area contributed by atoms with E-state index in [-0.39, 0.29) is 10.8 Å². The van der Waals surface area contributed by atoms with Crippen molar-refractivity contribution in [1.29, 1.82) is 0 Å². The number of hydrogen-bond donors (Lipinski definition) is 1. The molecule has 0 aliphatic rings. The Kier molecular flexibility index (Phi) is 5.76. The molecule has 0 radical (unpaired) electrons. The summed E-state index contributed by atoms with van der Waals surface area (Å²) in [6, 6.07) is 18.8. The van der Waals surface area contributed by atoms with Gasteiger partial charge in [-0.05, 0) is 39.7 Å². The summed E-state index contributed by atoms with van der Waals surface area (Å²) >= 11 is 0. The van der Waals surface area contributed by atoms with Crippen LogP contribution in [-0.2, 0) is 15.6 Å². The molecule has 3 rings (SSSR count). The molecule has 0 saturated carbocycles. The summed E-state index contributed by atoms with van der Waals surface area (Å²) in [6.45, 7) is 13.1. The summed E-state index contributed by atoms with van der Waals surface area (Å²) in [5.41, 5.74) is 5.61. The highest BCUT2D eigenvalue weighted by Gasteiger charge is 2.18. The largest absolute Gasteiger partial charge is 0.478 e. The lowest BCUT2D eigenvalue weighted by atomic mass is 9.85. The molecular weight excluding hydrogens is 372 g/mol. The van der Waals surface area contributed by atoms with E-state index < -0.39 is 5.97 Å². The van der Waals surface area contributed by atoms with Crippen LogP contribution in [0.3, 0.4) is 0 Å². The topological polar surface area (TPSA) is 50.4 Å². The number of carboxylic acids is 1. The molecule has 3 nitrogen and oxygen atoms in total. The monoisotopic (exact) mass is 402 g/mol. The minimum atomic E-state index is -1.00. The molecule has 156 valence electrons. The number of hydrogen-bond acceptors (Lipinski definition) is 2. The highest BCUT2D eigenvalue weighted by atomic mass is 16.4. The van der Waals surface area contributed by atoms with Crippen molar-refractivity contribution in [3.8, 4) is 22.5 Å². The zero-order chi connectivity index (χ0) is 22.1. The number of aliphatic carboxylic acids is 1. The van der Waals surface area contributed by atoms with E-state index in [4.69, 9.17) is 9.52 Å². The van der Waals surface area contributed by atoms with Crippen LogP contribution in [0, 0.1) is 0 Å². The lowest BCUT2D eigenvalue weighted by molar-refractivity contribution is -0.131. The number of benzene rings is 2. The van der Waals surface area contributed by atoms with Crippen molar-refractivity contribution in [3.05, 3.63) is 77.6 Å². The van der Waals surface area contributed by atoms with Gasteiger partial charge in [-0.3, -0.25) is 0 Å². The first-order chi connectivity index (χ1) is 13.9. The summed E-state index contributed by atoms with van der Waals surface area (Å²) in [4.78, 5) is 10.9. The van der Waals surface area contributed by atoms with Gasteiger partial charge in [-0.2, -0.15) is 0 Å². The second kappa shape index (κ2) is 7.98. The predicted octanol–water partition coefficient (Wildman–Crippen LogP) is 7.31. The van der Waals surface area contributed by atoms with E-state index in [2.05, 4.69) is 90.1 Å². The van der Waals surface area contributed by atoms with E-state index in [1.54, 1.807) is 0 Å². The third-order valence-corrected chi connectivity index (χ3v) is 5.22. The number of rotatable bonds is 4. The molecule has 0 aliphatic carbocycles. The van der Waals surface area contributed by atoms with Gasteiger partial charge in [0, 0.05) is 17.2 Å². The molecule has 1 N–H and O–H groups in total. The molecule has 1 aromatic heterocycles. The van der Waals surface area contributed by atoms with Crippen molar-refractivity contribution in [1.82, 2.24) is 0 Å². The van der Waals surface area contributed by atoms with Crippen LogP contribution in [-0.4, -0.2) is 11.1 Å². The van der Waals surface area contributed by atoms with Crippen LogP contribution in [0.2, 0.25) is 0 Å². The minimum absolute atomic E-state index is 0.0721. The van der Waals surface area contributed by atoms with Gasteiger partial charge in [0.1, 0.15) is 11.5 Å². The van der Waals surface area contributed by atoms with Gasteiger partial charge in [-0.25, -0.2) is 4.79 Å². The number of carbonyl (C=O) groups is 1. The fraction of sp³-hybridized carbons (Fsp3) is 0.296. The fourth-order valence-corrected chi connectivity index (χ4v) is 3.35. The molecule has 0 spiro atoms. The average molecular weight is 403 g/mol. The Labute approximate surface area is 179 Å². The van der Waals surface area contributed by atoms with Gasteiger partial charge in [-0.1, -0.05) is 90.1 Å². The molecule has 0 amide bonds. The minimum Gasteiger partial charge on any atom is -0.478 e. The van der Waals surface area contributed by atoms with E-state index in [0.717, 1.165) is 28.5 Å². The lowest BCUT2D eigenvalue weighted by Crippen LogP contribution is -2.10. The summed E-state index contributed by atoms with van der Waals surface area (Å²) in [7, 11) is 0. The third kappa shape index (κ3) is 4.91. The smallest absolute Gasteiger partial charge is 0.328 e. The molecular formula is C27H30O3. The Bertz CT molecular complexity index is 976. The number of furan rings is 1. The Balaban J connectivity index is 2.08. The van der Waals surface area contributed by atoms with Crippen LogP contribution in [0.5, 0.6) is 0 Å². The summed E-state index contributed by atoms with van der Waals surface area (Å²) in [5.74, 6) is 0.254.